The zero-order valence-electron chi connectivity index (χ0n) is 13.1. The second-order valence-electron chi connectivity index (χ2n) is 5.83. The van der Waals surface area contributed by atoms with E-state index >= 15 is 0 Å². The lowest BCUT2D eigenvalue weighted by molar-refractivity contribution is 0.000662. The summed E-state index contributed by atoms with van der Waals surface area (Å²) in [6.45, 7) is 0.547. The van der Waals surface area contributed by atoms with Crippen LogP contribution in [-0.2, 0) is 14.9 Å². The van der Waals surface area contributed by atoms with Gasteiger partial charge in [-0.25, -0.2) is 9.37 Å². The Bertz CT molecular complexity index is 670. The molecule has 0 aromatic carbocycles. The van der Waals surface area contributed by atoms with Gasteiger partial charge in [-0.15, -0.1) is 0 Å². The Balaban J connectivity index is 1.89. The molecule has 7 nitrogen and oxygen atoms in total. The van der Waals surface area contributed by atoms with E-state index in [-0.39, 0.29) is 18.5 Å². The maximum absolute atomic E-state index is 13.8. The molecule has 0 N–H and O–H groups in total. The van der Waals surface area contributed by atoms with Crippen LogP contribution in [0.5, 0.6) is 5.88 Å². The summed E-state index contributed by atoms with van der Waals surface area (Å²) < 4.78 is 52.9. The molecule has 0 radical (unpaired) electrons. The van der Waals surface area contributed by atoms with Crippen LogP contribution in [0.25, 0.3) is 0 Å². The van der Waals surface area contributed by atoms with Crippen LogP contribution < -0.4 is 4.74 Å². The van der Waals surface area contributed by atoms with Crippen molar-refractivity contribution >= 4 is 10.2 Å². The fraction of sp³-hybridized carbons (Fsp3) is 0.643. The lowest BCUT2D eigenvalue weighted by Gasteiger charge is -2.32. The Morgan fingerprint density at radius 3 is 2.91 bits per heavy atom. The monoisotopic (exact) mass is 345 g/mol. The minimum absolute atomic E-state index is 0.123. The quantitative estimate of drug-likeness (QED) is 0.801. The number of aromatic nitrogens is 1. The van der Waals surface area contributed by atoms with E-state index in [9.17, 15) is 12.8 Å². The first kappa shape index (κ1) is 16.6. The Morgan fingerprint density at radius 2 is 2.22 bits per heavy atom. The van der Waals surface area contributed by atoms with Gasteiger partial charge in [0.05, 0.1) is 18.8 Å². The van der Waals surface area contributed by atoms with Gasteiger partial charge >= 0.3 is 0 Å². The molecule has 3 rings (SSSR count). The van der Waals surface area contributed by atoms with Gasteiger partial charge in [0.1, 0.15) is 6.10 Å². The van der Waals surface area contributed by atoms with Crippen LogP contribution in [0.1, 0.15) is 12.8 Å². The van der Waals surface area contributed by atoms with Gasteiger partial charge in [-0.05, 0) is 25.0 Å². The van der Waals surface area contributed by atoms with Crippen molar-refractivity contribution in [1.82, 2.24) is 13.6 Å². The molecule has 1 saturated heterocycles. The lowest BCUT2D eigenvalue weighted by Crippen LogP contribution is -2.51. The topological polar surface area (TPSA) is 72.0 Å². The molecule has 2 heterocycles. The van der Waals surface area contributed by atoms with Gasteiger partial charge in [-0.3, -0.25) is 0 Å². The molecule has 2 bridgehead atoms. The number of rotatable bonds is 4. The van der Waals surface area contributed by atoms with E-state index in [1.807, 2.05) is 0 Å². The fourth-order valence-electron chi connectivity index (χ4n) is 3.09. The van der Waals surface area contributed by atoms with Crippen LogP contribution in [0.4, 0.5) is 4.39 Å². The van der Waals surface area contributed by atoms with Crippen LogP contribution in [0.3, 0.4) is 0 Å². The lowest BCUT2D eigenvalue weighted by atomic mass is 10.2. The third kappa shape index (κ3) is 3.06. The minimum Gasteiger partial charge on any atom is -0.468 e. The van der Waals surface area contributed by atoms with Gasteiger partial charge in [0.15, 0.2) is 5.82 Å². The normalized spacial score (nSPS) is 28.8. The highest BCUT2D eigenvalue weighted by atomic mass is 32.2. The number of hydrogen-bond acceptors (Lipinski definition) is 5. The summed E-state index contributed by atoms with van der Waals surface area (Å²) in [6, 6.07) is 2.34. The van der Waals surface area contributed by atoms with Gasteiger partial charge in [0.2, 0.25) is 0 Å². The van der Waals surface area contributed by atoms with Crippen molar-refractivity contribution in [3.63, 3.8) is 0 Å². The summed E-state index contributed by atoms with van der Waals surface area (Å²) >= 11 is 0. The molecule has 3 atom stereocenters. The molecule has 2 fully saturated rings. The second-order valence-corrected chi connectivity index (χ2v) is 7.92. The van der Waals surface area contributed by atoms with E-state index < -0.39 is 28.2 Å². The molecule has 128 valence electrons. The Morgan fingerprint density at radius 1 is 1.43 bits per heavy atom. The zero-order valence-corrected chi connectivity index (χ0v) is 13.9. The van der Waals surface area contributed by atoms with E-state index in [4.69, 9.17) is 9.47 Å². The van der Waals surface area contributed by atoms with Crippen LogP contribution >= 0.6 is 0 Å². The number of ether oxygens (including phenoxy) is 2. The van der Waals surface area contributed by atoms with Crippen molar-refractivity contribution in [2.75, 3.05) is 27.2 Å². The smallest absolute Gasteiger partial charge is 0.281 e. The highest BCUT2D eigenvalue weighted by molar-refractivity contribution is 7.86. The number of nitrogens with zero attached hydrogens (tertiary/aromatic N) is 3. The third-order valence-corrected chi connectivity index (χ3v) is 6.21. The van der Waals surface area contributed by atoms with Crippen molar-refractivity contribution in [1.29, 1.82) is 0 Å². The molecule has 0 unspecified atom stereocenters. The summed E-state index contributed by atoms with van der Waals surface area (Å²) in [6.07, 6.45) is 1.88. The average molecular weight is 345 g/mol. The van der Waals surface area contributed by atoms with Gasteiger partial charge in [0, 0.05) is 26.8 Å². The Hall–Kier alpha value is -1.29. The summed E-state index contributed by atoms with van der Waals surface area (Å²) in [5.41, 5.74) is 0. The first-order valence-corrected chi connectivity index (χ1v) is 8.89. The highest BCUT2D eigenvalue weighted by Gasteiger charge is 2.48. The van der Waals surface area contributed by atoms with Gasteiger partial charge in [-0.1, -0.05) is 0 Å². The van der Waals surface area contributed by atoms with Crippen molar-refractivity contribution in [3.8, 4) is 5.88 Å². The second kappa shape index (κ2) is 6.31. The van der Waals surface area contributed by atoms with Crippen molar-refractivity contribution < 1.29 is 22.3 Å². The zero-order chi connectivity index (χ0) is 16.6. The molecular formula is C14H20FN3O4S. The molecule has 9 heteroatoms. The van der Waals surface area contributed by atoms with E-state index in [0.717, 1.165) is 0 Å². The van der Waals surface area contributed by atoms with E-state index in [0.29, 0.717) is 19.4 Å². The van der Waals surface area contributed by atoms with Gasteiger partial charge < -0.3 is 9.47 Å². The maximum Gasteiger partial charge on any atom is 0.281 e. The molecule has 1 aliphatic heterocycles. The van der Waals surface area contributed by atoms with Crippen molar-refractivity contribution in [2.24, 2.45) is 0 Å². The first-order chi connectivity index (χ1) is 10.9. The third-order valence-electron chi connectivity index (χ3n) is 4.24. The first-order valence-electron chi connectivity index (χ1n) is 7.49. The minimum atomic E-state index is -3.60. The molecule has 0 spiro atoms. The molecular weight excluding hydrogens is 325 g/mol. The molecule has 1 aromatic rings. The predicted molar refractivity (Wildman–Crippen MR) is 80.7 cm³/mol. The molecule has 23 heavy (non-hydrogen) atoms. The SMILES string of the molecule is CN(C)S(=O)(=O)N1CCO[C@H]2CC[C@H]1[C@@H]2Oc1ncccc1F. The summed E-state index contributed by atoms with van der Waals surface area (Å²) in [5, 5.41) is 0. The average Bonchev–Trinajstić information content (AvgIpc) is 2.76. The molecule has 1 aromatic heterocycles. The Labute approximate surface area is 135 Å². The van der Waals surface area contributed by atoms with Gasteiger partial charge in [0.25, 0.3) is 16.1 Å². The van der Waals surface area contributed by atoms with Gasteiger partial charge in [-0.2, -0.15) is 17.0 Å². The molecule has 0 amide bonds. The molecule has 1 saturated carbocycles. The number of pyridine rings is 1. The number of halogens is 1. The van der Waals surface area contributed by atoms with Crippen molar-refractivity contribution in [2.45, 2.75) is 31.1 Å². The fourth-order valence-corrected chi connectivity index (χ4v) is 4.39. The largest absolute Gasteiger partial charge is 0.468 e. The standard InChI is InChI=1S/C14H20FN3O4S/c1-17(2)23(19,20)18-8-9-21-12-6-5-11(18)13(12)22-14-10(15)4-3-7-16-14/h3-4,7,11-13H,5-6,8-9H2,1-2H3/t11-,12-,13-/m0/s1. The van der Waals surface area contributed by atoms with E-state index in [1.54, 1.807) is 0 Å². The van der Waals surface area contributed by atoms with E-state index in [1.165, 1.54) is 41.0 Å². The van der Waals surface area contributed by atoms with E-state index in [2.05, 4.69) is 4.98 Å². The van der Waals surface area contributed by atoms with Crippen LogP contribution in [0.2, 0.25) is 0 Å². The number of fused-ring (bicyclic) bond motifs is 2. The molecule has 2 aliphatic rings. The number of hydrogen-bond donors (Lipinski definition) is 0. The molecule has 1 aliphatic carbocycles. The Kier molecular flexibility index (Phi) is 4.54. The highest BCUT2D eigenvalue weighted by Crippen LogP contribution is 2.34. The van der Waals surface area contributed by atoms with Crippen molar-refractivity contribution in [3.05, 3.63) is 24.1 Å². The predicted octanol–water partition coefficient (Wildman–Crippen LogP) is 0.638. The summed E-state index contributed by atoms with van der Waals surface area (Å²) in [7, 11) is -0.625. The van der Waals surface area contributed by atoms with Crippen LogP contribution in [0, 0.1) is 5.82 Å². The van der Waals surface area contributed by atoms with Crippen LogP contribution in [0.15, 0.2) is 18.3 Å². The summed E-state index contributed by atoms with van der Waals surface area (Å²) in [4.78, 5) is 3.89. The summed E-state index contributed by atoms with van der Waals surface area (Å²) in [5.74, 6) is -0.694. The maximum atomic E-state index is 13.8. The van der Waals surface area contributed by atoms with Crippen LogP contribution in [-0.4, -0.2) is 67.5 Å².